The van der Waals surface area contributed by atoms with Crippen LogP contribution in [-0.4, -0.2) is 65.9 Å². The second kappa shape index (κ2) is 6.31. The second-order valence-corrected chi connectivity index (χ2v) is 7.05. The second-order valence-electron chi connectivity index (χ2n) is 7.05. The standard InChI is InChI=1S/C15H28N2O3/c1-15(2,3)20-14(19)17-10-13(11-17)12-4-6-16(7-5-12)8-9-18/h12-13,18H,4-11H2,1-3H3. The number of β-amino-alcohol motifs (C(OH)–C–C–N with tert-alkyl or cyclic N) is 1. The maximum atomic E-state index is 11.9. The van der Waals surface area contributed by atoms with Gasteiger partial charge >= 0.3 is 6.09 Å². The molecule has 1 N–H and O–H groups in total. The average Bonchev–Trinajstić information content (AvgIpc) is 2.27. The van der Waals surface area contributed by atoms with Crippen LogP contribution in [0.2, 0.25) is 0 Å². The molecule has 2 rings (SSSR count). The van der Waals surface area contributed by atoms with Gasteiger partial charge in [-0.05, 0) is 58.5 Å². The predicted molar refractivity (Wildman–Crippen MR) is 77.5 cm³/mol. The molecular weight excluding hydrogens is 256 g/mol. The zero-order chi connectivity index (χ0) is 14.8. The Balaban J connectivity index is 1.68. The van der Waals surface area contributed by atoms with Crippen molar-refractivity contribution in [1.29, 1.82) is 0 Å². The lowest BCUT2D eigenvalue weighted by Gasteiger charge is -2.46. The van der Waals surface area contributed by atoms with Crippen LogP contribution in [0.15, 0.2) is 0 Å². The summed E-state index contributed by atoms with van der Waals surface area (Å²) in [4.78, 5) is 16.0. The van der Waals surface area contributed by atoms with Gasteiger partial charge < -0.3 is 19.6 Å². The molecule has 0 spiro atoms. The van der Waals surface area contributed by atoms with Crippen molar-refractivity contribution in [2.45, 2.75) is 39.2 Å². The number of piperidine rings is 1. The van der Waals surface area contributed by atoms with E-state index in [0.29, 0.717) is 5.92 Å². The average molecular weight is 284 g/mol. The van der Waals surface area contributed by atoms with Crippen LogP contribution in [0.3, 0.4) is 0 Å². The van der Waals surface area contributed by atoms with E-state index in [1.54, 1.807) is 0 Å². The Kier molecular flexibility index (Phi) is 4.91. The molecule has 0 unspecified atom stereocenters. The van der Waals surface area contributed by atoms with Crippen molar-refractivity contribution in [1.82, 2.24) is 9.80 Å². The zero-order valence-corrected chi connectivity index (χ0v) is 13.0. The third-order valence-electron chi connectivity index (χ3n) is 4.28. The molecule has 2 aliphatic rings. The molecule has 0 aromatic carbocycles. The third-order valence-corrected chi connectivity index (χ3v) is 4.28. The number of carbonyl (C=O) groups excluding carboxylic acids is 1. The third kappa shape index (κ3) is 4.09. The minimum absolute atomic E-state index is 0.175. The van der Waals surface area contributed by atoms with Gasteiger partial charge in [0.15, 0.2) is 0 Å². The first-order chi connectivity index (χ1) is 9.39. The van der Waals surface area contributed by atoms with Crippen molar-refractivity contribution in [2.75, 3.05) is 39.3 Å². The Morgan fingerprint density at radius 2 is 1.80 bits per heavy atom. The lowest BCUT2D eigenvalue weighted by Crippen LogP contribution is -2.55. The Morgan fingerprint density at radius 1 is 1.20 bits per heavy atom. The fourth-order valence-electron chi connectivity index (χ4n) is 3.08. The summed E-state index contributed by atoms with van der Waals surface area (Å²) in [6.07, 6.45) is 2.20. The van der Waals surface area contributed by atoms with Crippen LogP contribution < -0.4 is 0 Å². The van der Waals surface area contributed by atoms with Crippen molar-refractivity contribution in [2.24, 2.45) is 11.8 Å². The van der Waals surface area contributed by atoms with E-state index in [1.807, 2.05) is 25.7 Å². The van der Waals surface area contributed by atoms with Crippen LogP contribution in [0, 0.1) is 11.8 Å². The van der Waals surface area contributed by atoms with Crippen LogP contribution >= 0.6 is 0 Å². The van der Waals surface area contributed by atoms with E-state index in [2.05, 4.69) is 4.90 Å². The number of hydrogen-bond donors (Lipinski definition) is 1. The van der Waals surface area contributed by atoms with Crippen LogP contribution in [-0.2, 0) is 4.74 Å². The summed E-state index contributed by atoms with van der Waals surface area (Å²) in [7, 11) is 0. The van der Waals surface area contributed by atoms with E-state index in [9.17, 15) is 4.79 Å². The minimum atomic E-state index is -0.405. The maximum Gasteiger partial charge on any atom is 0.410 e. The van der Waals surface area contributed by atoms with Gasteiger partial charge in [0.2, 0.25) is 0 Å². The highest BCUT2D eigenvalue weighted by atomic mass is 16.6. The zero-order valence-electron chi connectivity index (χ0n) is 13.0. The molecule has 5 nitrogen and oxygen atoms in total. The molecule has 0 atom stereocenters. The molecule has 2 heterocycles. The van der Waals surface area contributed by atoms with Crippen LogP contribution in [0.5, 0.6) is 0 Å². The summed E-state index contributed by atoms with van der Waals surface area (Å²) < 4.78 is 5.38. The molecular formula is C15H28N2O3. The number of ether oxygens (including phenoxy) is 1. The number of hydrogen-bond acceptors (Lipinski definition) is 4. The first-order valence-electron chi connectivity index (χ1n) is 7.70. The van der Waals surface area contributed by atoms with Gasteiger partial charge in [-0.1, -0.05) is 0 Å². The minimum Gasteiger partial charge on any atom is -0.444 e. The summed E-state index contributed by atoms with van der Waals surface area (Å²) in [5.41, 5.74) is -0.405. The van der Waals surface area contributed by atoms with Crippen molar-refractivity contribution < 1.29 is 14.6 Å². The molecule has 1 amide bonds. The molecule has 20 heavy (non-hydrogen) atoms. The maximum absolute atomic E-state index is 11.9. The lowest BCUT2D eigenvalue weighted by atomic mass is 9.80. The molecule has 5 heteroatoms. The monoisotopic (exact) mass is 284 g/mol. The molecule has 2 saturated heterocycles. The van der Waals surface area contributed by atoms with Crippen molar-refractivity contribution in [3.05, 3.63) is 0 Å². The van der Waals surface area contributed by atoms with Gasteiger partial charge in [-0.2, -0.15) is 0 Å². The normalized spacial score (nSPS) is 22.7. The van der Waals surface area contributed by atoms with E-state index < -0.39 is 5.60 Å². The van der Waals surface area contributed by atoms with Gasteiger partial charge in [-0.15, -0.1) is 0 Å². The van der Waals surface area contributed by atoms with Gasteiger partial charge in [0.1, 0.15) is 5.60 Å². The fraction of sp³-hybridized carbons (Fsp3) is 0.933. The van der Waals surface area contributed by atoms with E-state index >= 15 is 0 Å². The lowest BCUT2D eigenvalue weighted by molar-refractivity contribution is -0.0183. The first-order valence-corrected chi connectivity index (χ1v) is 7.70. The number of aliphatic hydroxyl groups is 1. The van der Waals surface area contributed by atoms with Crippen molar-refractivity contribution in [3.63, 3.8) is 0 Å². The van der Waals surface area contributed by atoms with Crippen molar-refractivity contribution in [3.8, 4) is 0 Å². The molecule has 0 saturated carbocycles. The summed E-state index contributed by atoms with van der Waals surface area (Å²) in [5.74, 6) is 1.36. The molecule has 0 aromatic rings. The van der Waals surface area contributed by atoms with Gasteiger partial charge in [-0.3, -0.25) is 0 Å². The molecule has 2 fully saturated rings. The molecule has 0 radical (unpaired) electrons. The highest BCUT2D eigenvalue weighted by Gasteiger charge is 2.38. The largest absolute Gasteiger partial charge is 0.444 e. The number of likely N-dealkylation sites (tertiary alicyclic amines) is 2. The SMILES string of the molecule is CC(C)(C)OC(=O)N1CC(C2CCN(CCO)CC2)C1. The highest BCUT2D eigenvalue weighted by Crippen LogP contribution is 2.32. The van der Waals surface area contributed by atoms with E-state index in [1.165, 1.54) is 12.8 Å². The number of carbonyl (C=O) groups is 1. The summed E-state index contributed by atoms with van der Waals surface area (Å²) in [6, 6.07) is 0. The Morgan fingerprint density at radius 3 is 2.30 bits per heavy atom. The molecule has 0 aromatic heterocycles. The van der Waals surface area contributed by atoms with Crippen LogP contribution in [0.4, 0.5) is 4.79 Å². The van der Waals surface area contributed by atoms with Gasteiger partial charge in [0.25, 0.3) is 0 Å². The number of aliphatic hydroxyl groups excluding tert-OH is 1. The Labute approximate surface area is 121 Å². The van der Waals surface area contributed by atoms with Crippen molar-refractivity contribution >= 4 is 6.09 Å². The van der Waals surface area contributed by atoms with Crippen LogP contribution in [0.1, 0.15) is 33.6 Å². The summed E-state index contributed by atoms with van der Waals surface area (Å²) >= 11 is 0. The fourth-order valence-corrected chi connectivity index (χ4v) is 3.08. The number of nitrogens with zero attached hydrogens (tertiary/aromatic N) is 2. The Hall–Kier alpha value is -0.810. The predicted octanol–water partition coefficient (Wildman–Crippen LogP) is 1.56. The van der Waals surface area contributed by atoms with E-state index in [4.69, 9.17) is 9.84 Å². The first kappa shape index (κ1) is 15.6. The summed E-state index contributed by atoms with van der Waals surface area (Å²) in [6.45, 7) is 10.6. The van der Waals surface area contributed by atoms with Crippen LogP contribution in [0.25, 0.3) is 0 Å². The summed E-state index contributed by atoms with van der Waals surface area (Å²) in [5, 5.41) is 8.94. The molecule has 2 aliphatic heterocycles. The van der Waals surface area contributed by atoms with E-state index in [0.717, 1.165) is 38.6 Å². The quantitative estimate of drug-likeness (QED) is 0.854. The number of amides is 1. The van der Waals surface area contributed by atoms with Gasteiger partial charge in [-0.25, -0.2) is 4.79 Å². The topological polar surface area (TPSA) is 53.0 Å². The molecule has 0 bridgehead atoms. The number of rotatable bonds is 3. The molecule has 0 aliphatic carbocycles. The van der Waals surface area contributed by atoms with Gasteiger partial charge in [0, 0.05) is 19.6 Å². The highest BCUT2D eigenvalue weighted by molar-refractivity contribution is 5.69. The molecule has 116 valence electrons. The van der Waals surface area contributed by atoms with Gasteiger partial charge in [0.05, 0.1) is 6.61 Å². The van der Waals surface area contributed by atoms with E-state index in [-0.39, 0.29) is 12.7 Å². The Bertz CT molecular complexity index is 327. The smallest absolute Gasteiger partial charge is 0.410 e.